The fraction of sp³-hybridized carbons (Fsp3) is 0.250. The van der Waals surface area contributed by atoms with Gasteiger partial charge in [0.05, 0.1) is 12.7 Å². The number of rotatable bonds is 4. The zero-order valence-corrected chi connectivity index (χ0v) is 10.6. The maximum absolute atomic E-state index is 11.7. The van der Waals surface area contributed by atoms with Crippen LogP contribution in [-0.2, 0) is 13.0 Å². The van der Waals surface area contributed by atoms with Crippen molar-refractivity contribution in [3.8, 4) is 0 Å². The molecule has 1 amide bonds. The number of hydrogen-bond acceptors (Lipinski definition) is 4. The second kappa shape index (κ2) is 5.64. The molecule has 0 saturated heterocycles. The van der Waals surface area contributed by atoms with E-state index in [0.29, 0.717) is 10.9 Å². The van der Waals surface area contributed by atoms with Crippen LogP contribution in [0.3, 0.4) is 0 Å². The van der Waals surface area contributed by atoms with Crippen LogP contribution in [-0.4, -0.2) is 15.9 Å². The molecule has 94 valence electrons. The number of aromatic nitrogens is 2. The van der Waals surface area contributed by atoms with E-state index in [1.165, 1.54) is 12.3 Å². The number of carbonyl (C=O) groups is 1. The van der Waals surface area contributed by atoms with Crippen LogP contribution < -0.4 is 5.32 Å². The standard InChI is InChI=1S/C12H12ClN3O2/c1-2-9-6-15-11(18-9)7-16-12(17)10-5-8(13)3-4-14-10/h3-6H,2,7H2,1H3,(H,16,17). The molecule has 0 aromatic carbocycles. The van der Waals surface area contributed by atoms with Gasteiger partial charge in [-0.2, -0.15) is 0 Å². The Morgan fingerprint density at radius 3 is 3.00 bits per heavy atom. The van der Waals surface area contributed by atoms with Crippen LogP contribution >= 0.6 is 11.6 Å². The quantitative estimate of drug-likeness (QED) is 0.920. The van der Waals surface area contributed by atoms with Crippen molar-refractivity contribution in [1.82, 2.24) is 15.3 Å². The van der Waals surface area contributed by atoms with Gasteiger partial charge in [-0.25, -0.2) is 4.98 Å². The first-order valence-corrected chi connectivity index (χ1v) is 5.90. The molecule has 0 unspecified atom stereocenters. The van der Waals surface area contributed by atoms with Gasteiger partial charge < -0.3 is 9.73 Å². The Hall–Kier alpha value is -1.88. The van der Waals surface area contributed by atoms with Crippen LogP contribution in [0.2, 0.25) is 5.02 Å². The second-order valence-corrected chi connectivity index (χ2v) is 4.05. The first kappa shape index (κ1) is 12.6. The number of pyridine rings is 1. The molecule has 5 nitrogen and oxygen atoms in total. The summed E-state index contributed by atoms with van der Waals surface area (Å²) in [6.07, 6.45) is 3.91. The molecule has 0 aliphatic rings. The SMILES string of the molecule is CCc1cnc(CNC(=O)c2cc(Cl)ccn2)o1. The number of carbonyl (C=O) groups excluding carboxylic acids is 1. The van der Waals surface area contributed by atoms with E-state index in [0.717, 1.165) is 12.2 Å². The molecule has 0 bridgehead atoms. The van der Waals surface area contributed by atoms with Crippen LogP contribution in [0.4, 0.5) is 0 Å². The molecule has 0 spiro atoms. The number of nitrogens with zero attached hydrogens (tertiary/aromatic N) is 2. The van der Waals surface area contributed by atoms with E-state index in [2.05, 4.69) is 15.3 Å². The minimum Gasteiger partial charge on any atom is -0.444 e. The van der Waals surface area contributed by atoms with E-state index < -0.39 is 0 Å². The molecule has 2 heterocycles. The van der Waals surface area contributed by atoms with Gasteiger partial charge in [-0.05, 0) is 12.1 Å². The second-order valence-electron chi connectivity index (χ2n) is 3.62. The summed E-state index contributed by atoms with van der Waals surface area (Å²) in [7, 11) is 0. The maximum Gasteiger partial charge on any atom is 0.270 e. The number of halogens is 1. The number of oxazole rings is 1. The van der Waals surface area contributed by atoms with Crippen molar-refractivity contribution in [2.45, 2.75) is 19.9 Å². The van der Waals surface area contributed by atoms with Crippen LogP contribution in [0, 0.1) is 0 Å². The Morgan fingerprint density at radius 2 is 2.33 bits per heavy atom. The van der Waals surface area contributed by atoms with Gasteiger partial charge in [0.15, 0.2) is 0 Å². The average Bonchev–Trinajstić information content (AvgIpc) is 2.84. The molecule has 2 rings (SSSR count). The molecule has 18 heavy (non-hydrogen) atoms. The van der Waals surface area contributed by atoms with Crippen molar-refractivity contribution < 1.29 is 9.21 Å². The van der Waals surface area contributed by atoms with Crippen LogP contribution in [0.1, 0.15) is 29.1 Å². The van der Waals surface area contributed by atoms with Gasteiger partial charge in [0.1, 0.15) is 11.5 Å². The first-order valence-electron chi connectivity index (χ1n) is 5.52. The van der Waals surface area contributed by atoms with Gasteiger partial charge >= 0.3 is 0 Å². The average molecular weight is 266 g/mol. The number of aryl methyl sites for hydroxylation is 1. The predicted molar refractivity (Wildman–Crippen MR) is 66.3 cm³/mol. The monoisotopic (exact) mass is 265 g/mol. The van der Waals surface area contributed by atoms with Crippen molar-refractivity contribution in [3.05, 3.63) is 46.9 Å². The van der Waals surface area contributed by atoms with Crippen molar-refractivity contribution in [3.63, 3.8) is 0 Å². The van der Waals surface area contributed by atoms with Crippen molar-refractivity contribution in [2.75, 3.05) is 0 Å². The Bertz CT molecular complexity index is 554. The lowest BCUT2D eigenvalue weighted by atomic mass is 10.3. The summed E-state index contributed by atoms with van der Waals surface area (Å²) in [5.74, 6) is 0.955. The molecule has 0 radical (unpaired) electrons. The van der Waals surface area contributed by atoms with Crippen molar-refractivity contribution in [2.24, 2.45) is 0 Å². The lowest BCUT2D eigenvalue weighted by Crippen LogP contribution is -2.23. The summed E-state index contributed by atoms with van der Waals surface area (Å²) >= 11 is 5.78. The van der Waals surface area contributed by atoms with E-state index in [1.807, 2.05) is 6.92 Å². The van der Waals surface area contributed by atoms with E-state index in [-0.39, 0.29) is 18.1 Å². The summed E-state index contributed by atoms with van der Waals surface area (Å²) in [5.41, 5.74) is 0.268. The number of amides is 1. The van der Waals surface area contributed by atoms with Gasteiger partial charge in [0.2, 0.25) is 5.89 Å². The molecule has 2 aromatic heterocycles. The lowest BCUT2D eigenvalue weighted by Gasteiger charge is -2.02. The third-order valence-corrected chi connectivity index (χ3v) is 2.54. The van der Waals surface area contributed by atoms with Crippen molar-refractivity contribution >= 4 is 17.5 Å². The van der Waals surface area contributed by atoms with Gasteiger partial charge in [-0.15, -0.1) is 0 Å². The first-order chi connectivity index (χ1) is 8.69. The molecule has 2 aromatic rings. The normalized spacial score (nSPS) is 10.3. The Morgan fingerprint density at radius 1 is 1.50 bits per heavy atom. The predicted octanol–water partition coefficient (Wildman–Crippen LogP) is 2.22. The van der Waals surface area contributed by atoms with Gasteiger partial charge in [0, 0.05) is 17.6 Å². The summed E-state index contributed by atoms with van der Waals surface area (Å²) in [6, 6.07) is 3.11. The van der Waals surface area contributed by atoms with Crippen LogP contribution in [0.5, 0.6) is 0 Å². The van der Waals surface area contributed by atoms with Crippen LogP contribution in [0.25, 0.3) is 0 Å². The zero-order chi connectivity index (χ0) is 13.0. The van der Waals surface area contributed by atoms with Crippen molar-refractivity contribution in [1.29, 1.82) is 0 Å². The van der Waals surface area contributed by atoms with Gasteiger partial charge in [-0.3, -0.25) is 9.78 Å². The molecule has 0 fully saturated rings. The van der Waals surface area contributed by atoms with E-state index in [9.17, 15) is 4.79 Å². The summed E-state index contributed by atoms with van der Waals surface area (Å²) in [4.78, 5) is 19.7. The third kappa shape index (κ3) is 3.07. The molecular weight excluding hydrogens is 254 g/mol. The molecular formula is C12H12ClN3O2. The minimum atomic E-state index is -0.311. The highest BCUT2D eigenvalue weighted by Gasteiger charge is 2.09. The molecule has 1 N–H and O–H groups in total. The topological polar surface area (TPSA) is 68.0 Å². The van der Waals surface area contributed by atoms with Gasteiger partial charge in [-0.1, -0.05) is 18.5 Å². The van der Waals surface area contributed by atoms with E-state index in [4.69, 9.17) is 16.0 Å². The number of hydrogen-bond donors (Lipinski definition) is 1. The molecule has 0 saturated carbocycles. The summed E-state index contributed by atoms with van der Waals surface area (Å²) < 4.78 is 5.37. The summed E-state index contributed by atoms with van der Waals surface area (Å²) in [5, 5.41) is 3.14. The third-order valence-electron chi connectivity index (χ3n) is 2.30. The lowest BCUT2D eigenvalue weighted by molar-refractivity contribution is 0.0942. The Balaban J connectivity index is 1.96. The zero-order valence-electron chi connectivity index (χ0n) is 9.81. The highest BCUT2D eigenvalue weighted by Crippen LogP contribution is 2.08. The highest BCUT2D eigenvalue weighted by molar-refractivity contribution is 6.30. The fourth-order valence-electron chi connectivity index (χ4n) is 1.37. The minimum absolute atomic E-state index is 0.229. The van der Waals surface area contributed by atoms with Gasteiger partial charge in [0.25, 0.3) is 5.91 Å². The van der Waals surface area contributed by atoms with Crippen LogP contribution in [0.15, 0.2) is 28.9 Å². The smallest absolute Gasteiger partial charge is 0.270 e. The fourth-order valence-corrected chi connectivity index (χ4v) is 1.53. The van der Waals surface area contributed by atoms with E-state index >= 15 is 0 Å². The van der Waals surface area contributed by atoms with E-state index in [1.54, 1.807) is 12.3 Å². The molecule has 6 heteroatoms. The highest BCUT2D eigenvalue weighted by atomic mass is 35.5. The summed E-state index contributed by atoms with van der Waals surface area (Å²) in [6.45, 7) is 2.20. The molecule has 0 aliphatic carbocycles. The Kier molecular flexibility index (Phi) is 3.94. The maximum atomic E-state index is 11.7. The number of nitrogens with one attached hydrogen (secondary N) is 1. The Labute approximate surface area is 109 Å². The largest absolute Gasteiger partial charge is 0.444 e. The molecule has 0 atom stereocenters. The molecule has 0 aliphatic heterocycles.